The molecule has 2 heterocycles. The molecule has 1 aliphatic rings. The van der Waals surface area contributed by atoms with E-state index in [1.54, 1.807) is 16.7 Å². The second-order valence-corrected chi connectivity index (χ2v) is 10.3. The standard InChI is InChI=1S/C24H33N3O3S/c1-17(2)16-31-22-25-15-20(30-23(28)27-13-7-6-8-14-27)21(26-22)29-19-11-9-18(10-12-19)24(3,4)5/h9-12,15,17H,6-8,13-14,16H2,1-5H3. The minimum atomic E-state index is -0.376. The van der Waals surface area contributed by atoms with Crippen molar-refractivity contribution in [3.63, 3.8) is 0 Å². The third-order valence-electron chi connectivity index (χ3n) is 4.99. The van der Waals surface area contributed by atoms with Gasteiger partial charge in [-0.25, -0.2) is 9.78 Å². The zero-order valence-electron chi connectivity index (χ0n) is 19.2. The quantitative estimate of drug-likeness (QED) is 0.386. The Kier molecular flexibility index (Phi) is 7.81. The molecule has 1 aliphatic heterocycles. The van der Waals surface area contributed by atoms with Crippen molar-refractivity contribution in [1.29, 1.82) is 0 Å². The lowest BCUT2D eigenvalue weighted by molar-refractivity contribution is 0.141. The highest BCUT2D eigenvalue weighted by molar-refractivity contribution is 7.99. The molecule has 0 bridgehead atoms. The maximum Gasteiger partial charge on any atom is 0.415 e. The topological polar surface area (TPSA) is 64.5 Å². The summed E-state index contributed by atoms with van der Waals surface area (Å²) in [6.45, 7) is 12.2. The first-order valence-corrected chi connectivity index (χ1v) is 12.0. The van der Waals surface area contributed by atoms with Crippen LogP contribution in [0.4, 0.5) is 4.79 Å². The maximum absolute atomic E-state index is 12.6. The number of hydrogen-bond acceptors (Lipinski definition) is 6. The Labute approximate surface area is 189 Å². The third-order valence-corrected chi connectivity index (χ3v) is 6.28. The molecular formula is C24H33N3O3S. The molecule has 0 radical (unpaired) electrons. The summed E-state index contributed by atoms with van der Waals surface area (Å²) in [5, 5.41) is 0.604. The number of thioether (sulfide) groups is 1. The third kappa shape index (κ3) is 6.86. The lowest BCUT2D eigenvalue weighted by Crippen LogP contribution is -2.37. The van der Waals surface area contributed by atoms with Gasteiger partial charge in [-0.3, -0.25) is 0 Å². The number of benzene rings is 1. The lowest BCUT2D eigenvalue weighted by Gasteiger charge is -2.25. The van der Waals surface area contributed by atoms with E-state index in [4.69, 9.17) is 9.47 Å². The first-order chi connectivity index (χ1) is 14.7. The van der Waals surface area contributed by atoms with Crippen LogP contribution in [0.2, 0.25) is 0 Å². The smallest absolute Gasteiger partial charge is 0.415 e. The van der Waals surface area contributed by atoms with E-state index in [-0.39, 0.29) is 23.1 Å². The molecule has 6 nitrogen and oxygen atoms in total. The molecule has 1 fully saturated rings. The van der Waals surface area contributed by atoms with Crippen molar-refractivity contribution >= 4 is 17.9 Å². The van der Waals surface area contributed by atoms with Crippen LogP contribution < -0.4 is 9.47 Å². The van der Waals surface area contributed by atoms with E-state index in [0.29, 0.717) is 29.9 Å². The van der Waals surface area contributed by atoms with Gasteiger partial charge in [-0.05, 0) is 48.3 Å². The van der Waals surface area contributed by atoms with Crippen LogP contribution in [-0.4, -0.2) is 39.8 Å². The molecule has 1 aromatic heterocycles. The largest absolute Gasteiger partial charge is 0.436 e. The van der Waals surface area contributed by atoms with Crippen LogP contribution in [-0.2, 0) is 5.41 Å². The summed E-state index contributed by atoms with van der Waals surface area (Å²) in [5.74, 6) is 2.55. The van der Waals surface area contributed by atoms with Crippen LogP contribution in [0.3, 0.4) is 0 Å². The number of amides is 1. The van der Waals surface area contributed by atoms with Gasteiger partial charge in [0, 0.05) is 18.8 Å². The Morgan fingerprint density at radius 1 is 1.13 bits per heavy atom. The van der Waals surface area contributed by atoms with Gasteiger partial charge in [-0.1, -0.05) is 58.5 Å². The van der Waals surface area contributed by atoms with E-state index < -0.39 is 0 Å². The highest BCUT2D eigenvalue weighted by Crippen LogP contribution is 2.33. The van der Waals surface area contributed by atoms with Crippen LogP contribution in [0.5, 0.6) is 17.4 Å². The molecule has 0 atom stereocenters. The van der Waals surface area contributed by atoms with Crippen molar-refractivity contribution in [2.75, 3.05) is 18.8 Å². The zero-order chi connectivity index (χ0) is 22.4. The van der Waals surface area contributed by atoms with Gasteiger partial charge >= 0.3 is 6.09 Å². The molecule has 7 heteroatoms. The minimum Gasteiger partial charge on any atom is -0.436 e. The first kappa shape index (κ1) is 23.4. The number of hydrogen-bond donors (Lipinski definition) is 0. The zero-order valence-corrected chi connectivity index (χ0v) is 20.0. The Balaban J connectivity index is 1.81. The lowest BCUT2D eigenvalue weighted by atomic mass is 9.87. The van der Waals surface area contributed by atoms with Crippen molar-refractivity contribution in [2.24, 2.45) is 5.92 Å². The van der Waals surface area contributed by atoms with E-state index in [1.165, 1.54) is 11.8 Å². The minimum absolute atomic E-state index is 0.0588. The molecule has 0 unspecified atom stereocenters. The van der Waals surface area contributed by atoms with E-state index in [9.17, 15) is 4.79 Å². The number of aromatic nitrogens is 2. The van der Waals surface area contributed by atoms with Crippen LogP contribution in [0.1, 0.15) is 59.4 Å². The summed E-state index contributed by atoms with van der Waals surface area (Å²) in [6, 6.07) is 7.93. The average Bonchev–Trinajstić information content (AvgIpc) is 2.74. The summed E-state index contributed by atoms with van der Waals surface area (Å²) in [7, 11) is 0. The second-order valence-electron chi connectivity index (χ2n) is 9.32. The highest BCUT2D eigenvalue weighted by atomic mass is 32.2. The molecule has 0 aliphatic carbocycles. The predicted molar refractivity (Wildman–Crippen MR) is 124 cm³/mol. The van der Waals surface area contributed by atoms with Crippen LogP contribution in [0, 0.1) is 5.92 Å². The molecular weight excluding hydrogens is 410 g/mol. The maximum atomic E-state index is 12.6. The molecule has 168 valence electrons. The Hall–Kier alpha value is -2.28. The number of likely N-dealkylation sites (tertiary alicyclic amines) is 1. The first-order valence-electron chi connectivity index (χ1n) is 11.0. The summed E-state index contributed by atoms with van der Waals surface area (Å²) < 4.78 is 11.7. The molecule has 1 amide bonds. The number of rotatable bonds is 6. The molecule has 0 spiro atoms. The number of carbonyl (C=O) groups is 1. The SMILES string of the molecule is CC(C)CSc1ncc(OC(=O)N2CCCCC2)c(Oc2ccc(C(C)(C)C)cc2)n1. The van der Waals surface area contributed by atoms with Crippen LogP contribution in [0.15, 0.2) is 35.6 Å². The van der Waals surface area contributed by atoms with Gasteiger partial charge in [-0.2, -0.15) is 4.98 Å². The number of piperidine rings is 1. The normalized spacial score (nSPS) is 14.6. The van der Waals surface area contributed by atoms with Crippen molar-refractivity contribution < 1.29 is 14.3 Å². The Bertz CT molecular complexity index is 873. The second kappa shape index (κ2) is 10.4. The molecule has 2 aromatic rings. The van der Waals surface area contributed by atoms with Gasteiger partial charge in [0.15, 0.2) is 5.16 Å². The fourth-order valence-corrected chi connectivity index (χ4v) is 3.92. The van der Waals surface area contributed by atoms with Crippen molar-refractivity contribution in [3.05, 3.63) is 36.0 Å². The molecule has 1 aromatic carbocycles. The fourth-order valence-electron chi connectivity index (χ4n) is 3.16. The van der Waals surface area contributed by atoms with Crippen LogP contribution >= 0.6 is 11.8 Å². The average molecular weight is 444 g/mol. The Morgan fingerprint density at radius 2 is 1.81 bits per heavy atom. The predicted octanol–water partition coefficient (Wildman–Crippen LogP) is 6.30. The Morgan fingerprint density at radius 3 is 2.42 bits per heavy atom. The number of carbonyl (C=O) groups excluding carboxylic acids is 1. The van der Waals surface area contributed by atoms with Crippen LogP contribution in [0.25, 0.3) is 0 Å². The van der Waals surface area contributed by atoms with Gasteiger partial charge in [0.1, 0.15) is 5.75 Å². The number of ether oxygens (including phenoxy) is 2. The molecule has 1 saturated heterocycles. The van der Waals surface area contributed by atoms with E-state index in [1.807, 2.05) is 24.3 Å². The summed E-state index contributed by atoms with van der Waals surface area (Å²) in [5.41, 5.74) is 1.27. The molecule has 0 saturated carbocycles. The van der Waals surface area contributed by atoms with Crippen molar-refractivity contribution in [2.45, 2.75) is 64.5 Å². The van der Waals surface area contributed by atoms with Gasteiger partial charge in [0.05, 0.1) is 6.20 Å². The van der Waals surface area contributed by atoms with E-state index in [0.717, 1.165) is 25.0 Å². The summed E-state index contributed by atoms with van der Waals surface area (Å²) >= 11 is 1.56. The van der Waals surface area contributed by atoms with Gasteiger partial charge in [-0.15, -0.1) is 0 Å². The van der Waals surface area contributed by atoms with E-state index in [2.05, 4.69) is 44.6 Å². The van der Waals surface area contributed by atoms with Gasteiger partial charge < -0.3 is 14.4 Å². The van der Waals surface area contributed by atoms with Gasteiger partial charge in [0.25, 0.3) is 5.88 Å². The van der Waals surface area contributed by atoms with Crippen molar-refractivity contribution in [1.82, 2.24) is 14.9 Å². The van der Waals surface area contributed by atoms with Gasteiger partial charge in [0.2, 0.25) is 5.75 Å². The monoisotopic (exact) mass is 443 g/mol. The van der Waals surface area contributed by atoms with Crippen molar-refractivity contribution in [3.8, 4) is 17.4 Å². The summed E-state index contributed by atoms with van der Waals surface area (Å²) in [6.07, 6.45) is 4.31. The fraction of sp³-hybridized carbons (Fsp3) is 0.542. The van der Waals surface area contributed by atoms with E-state index >= 15 is 0 Å². The molecule has 31 heavy (non-hydrogen) atoms. The number of nitrogens with zero attached hydrogens (tertiary/aromatic N) is 3. The molecule has 0 N–H and O–H groups in total. The highest BCUT2D eigenvalue weighted by Gasteiger charge is 2.22. The molecule has 3 rings (SSSR count). The summed E-state index contributed by atoms with van der Waals surface area (Å²) in [4.78, 5) is 23.3.